The summed E-state index contributed by atoms with van der Waals surface area (Å²) < 4.78 is 2.63. The molecular formula is C21H20N2S2Y. The zero-order valence-corrected chi connectivity index (χ0v) is 19.2. The first-order valence-corrected chi connectivity index (χ1v) is 9.52. The van der Waals surface area contributed by atoms with Crippen LogP contribution < -0.4 is 4.90 Å². The van der Waals surface area contributed by atoms with Crippen LogP contribution in [0.3, 0.4) is 0 Å². The third-order valence-electron chi connectivity index (χ3n) is 3.68. The number of rotatable bonds is 5. The van der Waals surface area contributed by atoms with Gasteiger partial charge in [0.2, 0.25) is 0 Å². The Morgan fingerprint density at radius 2 is 1.81 bits per heavy atom. The normalized spacial score (nSPS) is 11.8. The standard InChI is InChI=1S/C21H18N2S2.Y.H2/c1-16(22-2)10-6-4-9-13-18-14-19-20(24-18)15-21(25-19)23(3)17-11-7-5-8-12-17;;/h4-15H,1,3H3;;1H/b6-4+,13-9+,16-10-;;/i;;1+1. The topological polar surface area (TPSA) is 7.60 Å². The summed E-state index contributed by atoms with van der Waals surface area (Å²) in [6.07, 6.45) is 9.79. The maximum Gasteiger partial charge on any atom is 0.162 e. The van der Waals surface area contributed by atoms with Crippen LogP contribution in [-0.2, 0) is 32.7 Å². The monoisotopic (exact) mass is 454 g/mol. The third-order valence-corrected chi connectivity index (χ3v) is 6.02. The van der Waals surface area contributed by atoms with E-state index in [1.807, 2.05) is 41.7 Å². The largest absolute Gasteiger partial charge is 0.336 e. The molecule has 3 aromatic rings. The fraction of sp³-hybridized carbons (Fsp3) is 0.0952. The summed E-state index contributed by atoms with van der Waals surface area (Å²) in [5, 5.41) is 1.25. The minimum atomic E-state index is 0. The average Bonchev–Trinajstić information content (AvgIpc) is 3.20. The number of hydrogen-bond donors (Lipinski definition) is 0. The predicted molar refractivity (Wildman–Crippen MR) is 115 cm³/mol. The van der Waals surface area contributed by atoms with Crippen molar-refractivity contribution in [1.29, 1.82) is 0 Å². The summed E-state index contributed by atoms with van der Waals surface area (Å²) in [6.45, 7) is 8.68. The number of para-hydroxylation sites is 1. The van der Waals surface area contributed by atoms with Crippen LogP contribution in [0.1, 0.15) is 13.2 Å². The molecule has 0 fully saturated rings. The SMILES string of the molecule is [2HH].[C-]#[N+]\C(C)=C/C=C/C=C/c1cc2sc(N(C)c3ccccc3)cc2s1.[Y]. The van der Waals surface area contributed by atoms with E-state index in [2.05, 4.69) is 59.3 Å². The van der Waals surface area contributed by atoms with Gasteiger partial charge in [0.05, 0.1) is 11.6 Å². The van der Waals surface area contributed by atoms with Gasteiger partial charge in [0.1, 0.15) is 0 Å². The maximum absolute atomic E-state index is 6.87. The van der Waals surface area contributed by atoms with Crippen molar-refractivity contribution < 1.29 is 34.1 Å². The van der Waals surface area contributed by atoms with Crippen molar-refractivity contribution in [3.63, 3.8) is 0 Å². The van der Waals surface area contributed by atoms with Gasteiger partial charge in [0.15, 0.2) is 5.70 Å². The van der Waals surface area contributed by atoms with E-state index < -0.39 is 0 Å². The Balaban J connectivity index is 0.00000182. The number of fused-ring (bicyclic) bond motifs is 1. The minimum absolute atomic E-state index is 0. The summed E-state index contributed by atoms with van der Waals surface area (Å²) in [5.74, 6) is 0. The van der Waals surface area contributed by atoms with Gasteiger partial charge < -0.3 is 4.90 Å². The predicted octanol–water partition coefficient (Wildman–Crippen LogP) is 7.37. The molecule has 0 amide bonds. The van der Waals surface area contributed by atoms with Gasteiger partial charge in [-0.25, -0.2) is 4.85 Å². The summed E-state index contributed by atoms with van der Waals surface area (Å²) >= 11 is 3.61. The number of allylic oxidation sites excluding steroid dienone is 5. The van der Waals surface area contributed by atoms with Crippen molar-refractivity contribution in [1.82, 2.24) is 0 Å². The molecule has 0 unspecified atom stereocenters. The Hall–Kier alpha value is -1.51. The molecule has 1 aromatic carbocycles. The molecule has 0 aliphatic carbocycles. The van der Waals surface area contributed by atoms with Gasteiger partial charge in [-0.2, -0.15) is 0 Å². The van der Waals surface area contributed by atoms with E-state index in [1.54, 1.807) is 18.3 Å². The molecule has 2 heterocycles. The molecule has 0 atom stereocenters. The van der Waals surface area contributed by atoms with E-state index in [0.29, 0.717) is 5.70 Å². The van der Waals surface area contributed by atoms with E-state index in [1.165, 1.54) is 25.0 Å². The van der Waals surface area contributed by atoms with Crippen LogP contribution in [0.4, 0.5) is 10.7 Å². The van der Waals surface area contributed by atoms with Crippen LogP contribution in [0.5, 0.6) is 0 Å². The van der Waals surface area contributed by atoms with Crippen LogP contribution >= 0.6 is 22.7 Å². The fourth-order valence-electron chi connectivity index (χ4n) is 2.31. The Kier molecular flexibility index (Phi) is 7.99. The Morgan fingerprint density at radius 3 is 2.50 bits per heavy atom. The Labute approximate surface area is 189 Å². The number of thiophene rings is 2. The van der Waals surface area contributed by atoms with Gasteiger partial charge in [0, 0.05) is 61.1 Å². The molecule has 0 aliphatic rings. The summed E-state index contributed by atoms with van der Waals surface area (Å²) in [4.78, 5) is 6.81. The average molecular weight is 454 g/mol. The first kappa shape index (κ1) is 20.8. The molecule has 3 rings (SSSR count). The van der Waals surface area contributed by atoms with Gasteiger partial charge in [-0.1, -0.05) is 42.5 Å². The van der Waals surface area contributed by atoms with Gasteiger partial charge in [0.25, 0.3) is 0 Å². The van der Waals surface area contributed by atoms with Crippen molar-refractivity contribution in [2.45, 2.75) is 6.92 Å². The zero-order chi connectivity index (χ0) is 17.6. The summed E-state index contributed by atoms with van der Waals surface area (Å²) in [6, 6.07) is 14.9. The second-order valence-electron chi connectivity index (χ2n) is 5.52. The number of benzene rings is 1. The van der Waals surface area contributed by atoms with Crippen LogP contribution in [0.2, 0.25) is 0 Å². The van der Waals surface area contributed by atoms with Crippen molar-refractivity contribution in [2.24, 2.45) is 0 Å². The van der Waals surface area contributed by atoms with Gasteiger partial charge >= 0.3 is 0 Å². The van der Waals surface area contributed by atoms with Crippen LogP contribution in [0.15, 0.2) is 72.5 Å². The first-order valence-electron chi connectivity index (χ1n) is 7.88. The number of anilines is 2. The maximum atomic E-state index is 6.87. The molecule has 0 aliphatic heterocycles. The Bertz CT molecular complexity index is 963. The van der Waals surface area contributed by atoms with Gasteiger partial charge in [-0.05, 0) is 37.3 Å². The van der Waals surface area contributed by atoms with Gasteiger partial charge in [-0.15, -0.1) is 22.7 Å². The van der Waals surface area contributed by atoms with E-state index in [0.717, 1.165) is 0 Å². The second kappa shape index (κ2) is 9.99. The van der Waals surface area contributed by atoms with Crippen molar-refractivity contribution in [3.05, 3.63) is 88.8 Å². The minimum Gasteiger partial charge on any atom is -0.336 e. The zero-order valence-electron chi connectivity index (χ0n) is 14.7. The molecule has 5 heteroatoms. The second-order valence-corrected chi connectivity index (χ2v) is 7.70. The molecule has 0 saturated heterocycles. The van der Waals surface area contributed by atoms with Crippen molar-refractivity contribution in [3.8, 4) is 0 Å². The molecule has 2 nitrogen and oxygen atoms in total. The molecule has 0 saturated carbocycles. The van der Waals surface area contributed by atoms with Crippen LogP contribution in [-0.4, -0.2) is 7.05 Å². The third kappa shape index (κ3) is 5.25. The summed E-state index contributed by atoms with van der Waals surface area (Å²) in [5.41, 5.74) is 1.89. The van der Waals surface area contributed by atoms with Crippen molar-refractivity contribution in [2.75, 3.05) is 11.9 Å². The molecule has 0 bridgehead atoms. The summed E-state index contributed by atoms with van der Waals surface area (Å²) in [7, 11) is 2.11. The molecule has 26 heavy (non-hydrogen) atoms. The van der Waals surface area contributed by atoms with E-state index in [9.17, 15) is 0 Å². The smallest absolute Gasteiger partial charge is 0.162 e. The van der Waals surface area contributed by atoms with Crippen molar-refractivity contribution >= 4 is 48.8 Å². The van der Waals surface area contributed by atoms with E-state index in [-0.39, 0.29) is 34.1 Å². The molecule has 2 aromatic heterocycles. The molecule has 1 radical (unpaired) electrons. The van der Waals surface area contributed by atoms with Crippen LogP contribution in [0.25, 0.3) is 20.3 Å². The van der Waals surface area contributed by atoms with Crippen LogP contribution in [0, 0.1) is 6.57 Å². The van der Waals surface area contributed by atoms with E-state index >= 15 is 0 Å². The first-order chi connectivity index (χ1) is 12.2. The van der Waals surface area contributed by atoms with Gasteiger partial charge in [-0.3, -0.25) is 0 Å². The fourth-order valence-corrected chi connectivity index (χ4v) is 4.61. The number of hydrogen-bond acceptors (Lipinski definition) is 3. The molecule has 129 valence electrons. The van der Waals surface area contributed by atoms with E-state index in [4.69, 9.17) is 6.57 Å². The molecule has 0 N–H and O–H groups in total. The molecular weight excluding hydrogens is 433 g/mol. The quantitative estimate of drug-likeness (QED) is 0.289. The number of nitrogens with zero attached hydrogens (tertiary/aromatic N) is 2. The Morgan fingerprint density at radius 1 is 1.08 bits per heavy atom. The molecule has 0 spiro atoms.